The SMILES string of the molecule is CCOc1ccc(CC(=O)N2CC(c3nc(-c4cccc(C(F)(F)F)c4)no3)C2)cc1. The van der Waals surface area contributed by atoms with Gasteiger partial charge in [0.15, 0.2) is 0 Å². The van der Waals surface area contributed by atoms with Gasteiger partial charge in [0, 0.05) is 18.7 Å². The van der Waals surface area contributed by atoms with Crippen LogP contribution in [0.15, 0.2) is 53.1 Å². The molecule has 0 unspecified atom stereocenters. The van der Waals surface area contributed by atoms with Gasteiger partial charge in [-0.15, -0.1) is 0 Å². The van der Waals surface area contributed by atoms with Crippen LogP contribution in [0.3, 0.4) is 0 Å². The number of alkyl halides is 3. The van der Waals surface area contributed by atoms with E-state index in [0.717, 1.165) is 23.4 Å². The molecule has 0 radical (unpaired) electrons. The van der Waals surface area contributed by atoms with E-state index >= 15 is 0 Å². The zero-order chi connectivity index (χ0) is 22.0. The van der Waals surface area contributed by atoms with Crippen molar-refractivity contribution in [1.29, 1.82) is 0 Å². The smallest absolute Gasteiger partial charge is 0.416 e. The van der Waals surface area contributed by atoms with Crippen LogP contribution in [-0.4, -0.2) is 40.6 Å². The van der Waals surface area contributed by atoms with Gasteiger partial charge in [0.25, 0.3) is 0 Å². The van der Waals surface area contributed by atoms with Gasteiger partial charge in [0.1, 0.15) is 5.75 Å². The Morgan fingerprint density at radius 1 is 1.19 bits per heavy atom. The standard InChI is InChI=1S/C22H20F3N3O3/c1-2-30-18-8-6-14(7-9-18)10-19(29)28-12-16(13-28)21-26-20(27-31-21)15-4-3-5-17(11-15)22(23,24)25/h3-9,11,16H,2,10,12-13H2,1H3. The highest BCUT2D eigenvalue weighted by Crippen LogP contribution is 2.32. The summed E-state index contributed by atoms with van der Waals surface area (Å²) < 4.78 is 49.3. The van der Waals surface area contributed by atoms with Gasteiger partial charge in [-0.3, -0.25) is 4.79 Å². The van der Waals surface area contributed by atoms with Crippen LogP contribution in [0.25, 0.3) is 11.4 Å². The van der Waals surface area contributed by atoms with Gasteiger partial charge in [0.05, 0.1) is 24.5 Å². The van der Waals surface area contributed by atoms with Crippen LogP contribution in [-0.2, 0) is 17.4 Å². The molecule has 0 atom stereocenters. The monoisotopic (exact) mass is 431 g/mol. The minimum atomic E-state index is -4.44. The number of likely N-dealkylation sites (tertiary alicyclic amines) is 1. The number of amides is 1. The molecular weight excluding hydrogens is 411 g/mol. The molecule has 1 aromatic heterocycles. The second-order valence-electron chi connectivity index (χ2n) is 7.28. The van der Waals surface area contributed by atoms with Gasteiger partial charge in [-0.25, -0.2) is 0 Å². The van der Waals surface area contributed by atoms with E-state index in [4.69, 9.17) is 9.26 Å². The molecule has 6 nitrogen and oxygen atoms in total. The van der Waals surface area contributed by atoms with E-state index in [0.29, 0.717) is 25.6 Å². The van der Waals surface area contributed by atoms with E-state index < -0.39 is 11.7 Å². The van der Waals surface area contributed by atoms with Crippen molar-refractivity contribution in [1.82, 2.24) is 15.0 Å². The molecule has 1 saturated heterocycles. The third-order valence-corrected chi connectivity index (χ3v) is 5.06. The molecule has 0 aliphatic carbocycles. The largest absolute Gasteiger partial charge is 0.494 e. The molecule has 3 aromatic rings. The van der Waals surface area contributed by atoms with Gasteiger partial charge >= 0.3 is 6.18 Å². The highest BCUT2D eigenvalue weighted by molar-refractivity contribution is 5.79. The summed E-state index contributed by atoms with van der Waals surface area (Å²) in [6, 6.07) is 12.2. The molecule has 31 heavy (non-hydrogen) atoms. The molecule has 1 aliphatic rings. The summed E-state index contributed by atoms with van der Waals surface area (Å²) in [5.74, 6) is 1.03. The van der Waals surface area contributed by atoms with Crippen molar-refractivity contribution in [2.75, 3.05) is 19.7 Å². The number of rotatable bonds is 6. The molecule has 0 N–H and O–H groups in total. The van der Waals surface area contributed by atoms with Crippen LogP contribution in [0.2, 0.25) is 0 Å². The Kier molecular flexibility index (Phi) is 5.67. The molecule has 0 bridgehead atoms. The number of carbonyl (C=O) groups excluding carboxylic acids is 1. The second-order valence-corrected chi connectivity index (χ2v) is 7.28. The summed E-state index contributed by atoms with van der Waals surface area (Å²) in [5.41, 5.74) is 0.347. The highest BCUT2D eigenvalue weighted by atomic mass is 19.4. The summed E-state index contributed by atoms with van der Waals surface area (Å²) in [7, 11) is 0. The number of aromatic nitrogens is 2. The molecule has 1 aliphatic heterocycles. The maximum absolute atomic E-state index is 12.9. The van der Waals surface area contributed by atoms with Gasteiger partial charge in [-0.05, 0) is 36.8 Å². The summed E-state index contributed by atoms with van der Waals surface area (Å²) in [6.07, 6.45) is -4.17. The highest BCUT2D eigenvalue weighted by Gasteiger charge is 2.36. The van der Waals surface area contributed by atoms with Gasteiger partial charge in [0.2, 0.25) is 17.6 Å². The van der Waals surface area contributed by atoms with Gasteiger partial charge < -0.3 is 14.2 Å². The molecule has 2 aromatic carbocycles. The zero-order valence-electron chi connectivity index (χ0n) is 16.7. The van der Waals surface area contributed by atoms with Crippen molar-refractivity contribution in [2.45, 2.75) is 25.4 Å². The van der Waals surface area contributed by atoms with E-state index in [9.17, 15) is 18.0 Å². The van der Waals surface area contributed by atoms with Crippen LogP contribution >= 0.6 is 0 Å². The molecule has 162 valence electrons. The van der Waals surface area contributed by atoms with Crippen molar-refractivity contribution < 1.29 is 27.2 Å². The van der Waals surface area contributed by atoms with E-state index in [1.807, 2.05) is 31.2 Å². The number of hydrogen-bond acceptors (Lipinski definition) is 5. The molecule has 1 amide bonds. The van der Waals surface area contributed by atoms with Crippen LogP contribution in [0.1, 0.15) is 29.9 Å². The fourth-order valence-electron chi connectivity index (χ4n) is 3.35. The lowest BCUT2D eigenvalue weighted by Crippen LogP contribution is -2.49. The third kappa shape index (κ3) is 4.70. The molecule has 1 fully saturated rings. The van der Waals surface area contributed by atoms with E-state index in [-0.39, 0.29) is 29.6 Å². The van der Waals surface area contributed by atoms with E-state index in [1.54, 1.807) is 4.90 Å². The van der Waals surface area contributed by atoms with Crippen LogP contribution in [0, 0.1) is 0 Å². The predicted molar refractivity (Wildman–Crippen MR) is 105 cm³/mol. The molecule has 0 spiro atoms. The zero-order valence-corrected chi connectivity index (χ0v) is 16.7. The van der Waals surface area contributed by atoms with E-state index in [1.165, 1.54) is 12.1 Å². The maximum Gasteiger partial charge on any atom is 0.416 e. The first kappa shape index (κ1) is 20.9. The molecule has 9 heteroatoms. The Bertz CT molecular complexity index is 1060. The Morgan fingerprint density at radius 3 is 2.61 bits per heavy atom. The first-order chi connectivity index (χ1) is 14.8. The summed E-state index contributed by atoms with van der Waals surface area (Å²) in [6.45, 7) is 3.35. The fraction of sp³-hybridized carbons (Fsp3) is 0.318. The number of halogens is 3. The molecule has 0 saturated carbocycles. The average molecular weight is 431 g/mol. The number of nitrogens with zero attached hydrogens (tertiary/aromatic N) is 3. The van der Waals surface area contributed by atoms with Gasteiger partial charge in [-0.2, -0.15) is 18.2 Å². The number of carbonyl (C=O) groups is 1. The fourth-order valence-corrected chi connectivity index (χ4v) is 3.35. The average Bonchev–Trinajstić information content (AvgIpc) is 3.18. The van der Waals surface area contributed by atoms with Crippen molar-refractivity contribution in [2.24, 2.45) is 0 Å². The summed E-state index contributed by atoms with van der Waals surface area (Å²) >= 11 is 0. The Balaban J connectivity index is 1.34. The number of ether oxygens (including phenoxy) is 1. The molecule has 2 heterocycles. The first-order valence-electron chi connectivity index (χ1n) is 9.84. The van der Waals surface area contributed by atoms with Crippen LogP contribution in [0.4, 0.5) is 13.2 Å². The van der Waals surface area contributed by atoms with Crippen LogP contribution < -0.4 is 4.74 Å². The predicted octanol–water partition coefficient (Wildman–Crippen LogP) is 4.32. The minimum Gasteiger partial charge on any atom is -0.494 e. The van der Waals surface area contributed by atoms with Crippen molar-refractivity contribution in [3.63, 3.8) is 0 Å². The van der Waals surface area contributed by atoms with Crippen LogP contribution in [0.5, 0.6) is 5.75 Å². The molecular formula is C22H20F3N3O3. The summed E-state index contributed by atoms with van der Waals surface area (Å²) in [4.78, 5) is 18.4. The Labute approximate surface area is 176 Å². The summed E-state index contributed by atoms with van der Waals surface area (Å²) in [5, 5.41) is 3.80. The normalized spacial score (nSPS) is 14.4. The molecule has 4 rings (SSSR count). The number of hydrogen-bond donors (Lipinski definition) is 0. The lowest BCUT2D eigenvalue weighted by Gasteiger charge is -2.37. The van der Waals surface area contributed by atoms with Crippen molar-refractivity contribution >= 4 is 5.91 Å². The number of benzene rings is 2. The van der Waals surface area contributed by atoms with E-state index in [2.05, 4.69) is 10.1 Å². The Morgan fingerprint density at radius 2 is 1.94 bits per heavy atom. The third-order valence-electron chi connectivity index (χ3n) is 5.06. The quantitative estimate of drug-likeness (QED) is 0.581. The Hall–Kier alpha value is -3.36. The topological polar surface area (TPSA) is 68.5 Å². The lowest BCUT2D eigenvalue weighted by atomic mass is 9.98. The maximum atomic E-state index is 12.9. The lowest BCUT2D eigenvalue weighted by molar-refractivity contribution is -0.137. The second kappa shape index (κ2) is 8.41. The van der Waals surface area contributed by atoms with Crippen molar-refractivity contribution in [3.05, 3.63) is 65.5 Å². The first-order valence-corrected chi connectivity index (χ1v) is 9.84. The van der Waals surface area contributed by atoms with Crippen molar-refractivity contribution in [3.8, 4) is 17.1 Å². The minimum absolute atomic E-state index is 0.0157. The van der Waals surface area contributed by atoms with Gasteiger partial charge in [-0.1, -0.05) is 29.4 Å².